The standard InChI is InChI=1S/C20H19F3N4O2.HI/c1-13-2-6-15(7-3-13)17-11-25-18(28-17)12-27-19(24)26-10-14-4-8-16(9-5-14)29-20(21,22)23;/h2-9,11H,10,12H2,1H3,(H3,24,26,27);1H. The molecule has 6 nitrogen and oxygen atoms in total. The number of guanidine groups is 1. The lowest BCUT2D eigenvalue weighted by atomic mass is 10.1. The average Bonchev–Trinajstić information content (AvgIpc) is 3.14. The number of oxazole rings is 1. The molecule has 2 aromatic carbocycles. The van der Waals surface area contributed by atoms with E-state index in [1.165, 1.54) is 24.3 Å². The lowest BCUT2D eigenvalue weighted by Crippen LogP contribution is -2.31. The van der Waals surface area contributed by atoms with Crippen molar-refractivity contribution in [3.63, 3.8) is 0 Å². The van der Waals surface area contributed by atoms with Crippen molar-refractivity contribution in [3.8, 4) is 17.1 Å². The Kier molecular flexibility index (Phi) is 8.09. The van der Waals surface area contributed by atoms with E-state index in [2.05, 4.69) is 20.0 Å². The number of hydrogen-bond acceptors (Lipinski definition) is 4. The van der Waals surface area contributed by atoms with E-state index >= 15 is 0 Å². The van der Waals surface area contributed by atoms with Crippen LogP contribution in [0.25, 0.3) is 11.3 Å². The number of aliphatic imine (C=N–C) groups is 1. The first-order valence-electron chi connectivity index (χ1n) is 8.69. The maximum atomic E-state index is 12.2. The fourth-order valence-corrected chi connectivity index (χ4v) is 2.44. The average molecular weight is 532 g/mol. The molecule has 0 fully saturated rings. The highest BCUT2D eigenvalue weighted by Gasteiger charge is 2.30. The molecule has 10 heteroatoms. The van der Waals surface area contributed by atoms with Crippen LogP contribution in [0.1, 0.15) is 17.0 Å². The molecule has 160 valence electrons. The molecule has 0 saturated heterocycles. The number of nitrogens with zero attached hydrogens (tertiary/aromatic N) is 2. The molecule has 3 aromatic rings. The molecule has 1 aromatic heterocycles. The highest BCUT2D eigenvalue weighted by Crippen LogP contribution is 2.23. The number of aromatic nitrogens is 1. The summed E-state index contributed by atoms with van der Waals surface area (Å²) in [6.45, 7) is 2.46. The maximum Gasteiger partial charge on any atom is 0.573 e. The zero-order valence-corrected chi connectivity index (χ0v) is 18.3. The van der Waals surface area contributed by atoms with Crippen LogP contribution in [0.15, 0.2) is 64.1 Å². The van der Waals surface area contributed by atoms with Gasteiger partial charge >= 0.3 is 6.36 Å². The molecule has 0 radical (unpaired) electrons. The van der Waals surface area contributed by atoms with Crippen LogP contribution in [0.5, 0.6) is 5.75 Å². The predicted octanol–water partition coefficient (Wildman–Crippen LogP) is 4.77. The minimum absolute atomic E-state index is 0. The number of halogens is 4. The zero-order chi connectivity index (χ0) is 20.9. The fraction of sp³-hybridized carbons (Fsp3) is 0.200. The Morgan fingerprint density at radius 1 is 1.13 bits per heavy atom. The van der Waals surface area contributed by atoms with Gasteiger partial charge in [0.05, 0.1) is 19.3 Å². The van der Waals surface area contributed by atoms with Gasteiger partial charge in [0, 0.05) is 5.56 Å². The maximum absolute atomic E-state index is 12.2. The van der Waals surface area contributed by atoms with Gasteiger partial charge in [-0.15, -0.1) is 37.1 Å². The number of benzene rings is 2. The van der Waals surface area contributed by atoms with Gasteiger partial charge < -0.3 is 20.2 Å². The molecule has 0 spiro atoms. The Morgan fingerprint density at radius 3 is 2.43 bits per heavy atom. The Morgan fingerprint density at radius 2 is 1.80 bits per heavy atom. The second-order valence-corrected chi connectivity index (χ2v) is 6.23. The number of hydrogen-bond donors (Lipinski definition) is 2. The van der Waals surface area contributed by atoms with E-state index in [0.717, 1.165) is 11.1 Å². The fourth-order valence-electron chi connectivity index (χ4n) is 2.44. The number of rotatable bonds is 6. The molecule has 0 aliphatic heterocycles. The van der Waals surface area contributed by atoms with Crippen molar-refractivity contribution in [3.05, 3.63) is 71.7 Å². The minimum atomic E-state index is -4.72. The van der Waals surface area contributed by atoms with Crippen LogP contribution >= 0.6 is 24.0 Å². The van der Waals surface area contributed by atoms with Crippen molar-refractivity contribution in [2.75, 3.05) is 0 Å². The van der Waals surface area contributed by atoms with Crippen LogP contribution in [0, 0.1) is 6.92 Å². The van der Waals surface area contributed by atoms with E-state index in [1.54, 1.807) is 6.20 Å². The molecule has 0 aliphatic carbocycles. The van der Waals surface area contributed by atoms with Gasteiger partial charge in [-0.05, 0) is 24.6 Å². The minimum Gasteiger partial charge on any atom is -0.439 e. The van der Waals surface area contributed by atoms with E-state index in [9.17, 15) is 13.2 Å². The summed E-state index contributed by atoms with van der Waals surface area (Å²) in [5.41, 5.74) is 8.57. The van der Waals surface area contributed by atoms with E-state index < -0.39 is 6.36 Å². The van der Waals surface area contributed by atoms with Crippen molar-refractivity contribution in [2.45, 2.75) is 26.4 Å². The topological polar surface area (TPSA) is 85.7 Å². The lowest BCUT2D eigenvalue weighted by molar-refractivity contribution is -0.274. The molecular formula is C20H20F3IN4O2. The molecule has 0 aliphatic rings. The molecule has 0 bridgehead atoms. The Labute approximate surface area is 188 Å². The molecule has 30 heavy (non-hydrogen) atoms. The summed E-state index contributed by atoms with van der Waals surface area (Å²) in [6.07, 6.45) is -3.08. The van der Waals surface area contributed by atoms with E-state index in [1.807, 2.05) is 31.2 Å². The quantitative estimate of drug-likeness (QED) is 0.272. The molecular weight excluding hydrogens is 512 g/mol. The van der Waals surface area contributed by atoms with Crippen LogP contribution in [0.4, 0.5) is 13.2 Å². The molecule has 1 heterocycles. The third-order valence-electron chi connectivity index (χ3n) is 3.90. The summed E-state index contributed by atoms with van der Waals surface area (Å²) in [7, 11) is 0. The van der Waals surface area contributed by atoms with E-state index in [-0.39, 0.29) is 48.8 Å². The van der Waals surface area contributed by atoms with Crippen molar-refractivity contribution in [2.24, 2.45) is 10.7 Å². The number of ether oxygens (including phenoxy) is 1. The third-order valence-corrected chi connectivity index (χ3v) is 3.90. The van der Waals surface area contributed by atoms with Gasteiger partial charge in [0.2, 0.25) is 5.89 Å². The van der Waals surface area contributed by atoms with Gasteiger partial charge in [-0.25, -0.2) is 9.98 Å². The summed E-state index contributed by atoms with van der Waals surface area (Å²) >= 11 is 0. The Hall–Kier alpha value is -2.76. The summed E-state index contributed by atoms with van der Waals surface area (Å²) in [6, 6.07) is 13.3. The second kappa shape index (κ2) is 10.3. The SMILES string of the molecule is Cc1ccc(-c2cnc(CNC(N)=NCc3ccc(OC(F)(F)F)cc3)o2)cc1.I. The smallest absolute Gasteiger partial charge is 0.439 e. The van der Waals surface area contributed by atoms with Crippen LogP contribution in [-0.2, 0) is 13.1 Å². The van der Waals surface area contributed by atoms with Crippen molar-refractivity contribution < 1.29 is 22.3 Å². The largest absolute Gasteiger partial charge is 0.573 e. The highest BCUT2D eigenvalue weighted by molar-refractivity contribution is 14.0. The van der Waals surface area contributed by atoms with Crippen molar-refractivity contribution >= 4 is 29.9 Å². The summed E-state index contributed by atoms with van der Waals surface area (Å²) < 4.78 is 46.0. The zero-order valence-electron chi connectivity index (χ0n) is 15.9. The molecule has 0 saturated carbocycles. The summed E-state index contributed by atoms with van der Waals surface area (Å²) in [4.78, 5) is 8.34. The predicted molar refractivity (Wildman–Crippen MR) is 117 cm³/mol. The Bertz CT molecular complexity index is 971. The second-order valence-electron chi connectivity index (χ2n) is 6.23. The highest BCUT2D eigenvalue weighted by atomic mass is 127. The van der Waals surface area contributed by atoms with Crippen LogP contribution in [0.3, 0.4) is 0 Å². The van der Waals surface area contributed by atoms with E-state index in [0.29, 0.717) is 17.2 Å². The molecule has 3 N–H and O–H groups in total. The molecule has 0 unspecified atom stereocenters. The third kappa shape index (κ3) is 7.25. The van der Waals surface area contributed by atoms with Crippen LogP contribution in [-0.4, -0.2) is 17.3 Å². The first-order valence-corrected chi connectivity index (χ1v) is 8.69. The normalized spacial score (nSPS) is 11.7. The summed E-state index contributed by atoms with van der Waals surface area (Å²) in [5, 5.41) is 2.88. The first kappa shape index (κ1) is 23.5. The monoisotopic (exact) mass is 532 g/mol. The van der Waals surface area contributed by atoms with Crippen LogP contribution < -0.4 is 15.8 Å². The van der Waals surface area contributed by atoms with Gasteiger partial charge in [0.25, 0.3) is 0 Å². The van der Waals surface area contributed by atoms with Crippen molar-refractivity contribution in [1.29, 1.82) is 0 Å². The molecule has 0 amide bonds. The van der Waals surface area contributed by atoms with Gasteiger partial charge in [-0.1, -0.05) is 42.0 Å². The van der Waals surface area contributed by atoms with Gasteiger partial charge in [-0.2, -0.15) is 0 Å². The van der Waals surface area contributed by atoms with Gasteiger partial charge in [0.15, 0.2) is 11.7 Å². The van der Waals surface area contributed by atoms with E-state index in [4.69, 9.17) is 10.2 Å². The van der Waals surface area contributed by atoms with Gasteiger partial charge in [-0.3, -0.25) is 0 Å². The number of alkyl halides is 3. The van der Waals surface area contributed by atoms with Crippen molar-refractivity contribution in [1.82, 2.24) is 10.3 Å². The van der Waals surface area contributed by atoms with Crippen LogP contribution in [0.2, 0.25) is 0 Å². The molecule has 0 atom stereocenters. The summed E-state index contributed by atoms with van der Waals surface area (Å²) in [5.74, 6) is 0.978. The first-order chi connectivity index (χ1) is 13.8. The van der Waals surface area contributed by atoms with Gasteiger partial charge in [0.1, 0.15) is 5.75 Å². The number of aryl methyl sites for hydroxylation is 1. The number of nitrogens with two attached hydrogens (primary N) is 1. The molecule has 3 rings (SSSR count). The Balaban J connectivity index is 0.00000320. The number of nitrogens with one attached hydrogen (secondary N) is 1. The lowest BCUT2D eigenvalue weighted by Gasteiger charge is -2.09.